The van der Waals surface area contributed by atoms with Crippen molar-refractivity contribution in [2.45, 2.75) is 0 Å². The zero-order valence-electron chi connectivity index (χ0n) is 6.40. The first-order chi connectivity index (χ1) is 5.86. The Morgan fingerprint density at radius 3 is 2.50 bits per heavy atom. The Morgan fingerprint density at radius 2 is 1.92 bits per heavy atom. The molecule has 0 saturated heterocycles. The van der Waals surface area contributed by atoms with Gasteiger partial charge in [-0.2, -0.15) is 0 Å². The molecule has 0 unspecified atom stereocenters. The van der Waals surface area contributed by atoms with Crippen molar-refractivity contribution in [1.82, 2.24) is 4.98 Å². The van der Waals surface area contributed by atoms with Crippen LogP contribution in [0, 0.1) is 6.92 Å². The second-order valence-electron chi connectivity index (χ2n) is 2.46. The predicted octanol–water partition coefficient (Wildman–Crippen LogP) is 2.40. The van der Waals surface area contributed by atoms with Gasteiger partial charge in [0, 0.05) is 5.56 Å². The lowest BCUT2D eigenvalue weighted by Crippen LogP contribution is -1.76. The summed E-state index contributed by atoms with van der Waals surface area (Å²) in [6, 6.07) is 7.39. The highest BCUT2D eigenvalue weighted by molar-refractivity contribution is 5.53. The number of oxazole rings is 1. The van der Waals surface area contributed by atoms with Crippen LogP contribution < -0.4 is 0 Å². The summed E-state index contributed by atoms with van der Waals surface area (Å²) in [6.07, 6.45) is 3.16. The largest absolute Gasteiger partial charge is 0.445 e. The van der Waals surface area contributed by atoms with Crippen molar-refractivity contribution >= 4 is 0 Å². The normalized spacial score (nSPS) is 10.1. The van der Waals surface area contributed by atoms with Crippen LogP contribution in [-0.2, 0) is 0 Å². The average Bonchev–Trinajstić information content (AvgIpc) is 2.58. The highest BCUT2D eigenvalue weighted by Gasteiger charge is 1.99. The van der Waals surface area contributed by atoms with E-state index in [1.165, 1.54) is 0 Å². The van der Waals surface area contributed by atoms with Crippen molar-refractivity contribution in [3.8, 4) is 11.5 Å². The molecule has 0 aliphatic heterocycles. The molecule has 0 amide bonds. The van der Waals surface area contributed by atoms with Gasteiger partial charge in [0.2, 0.25) is 5.89 Å². The molecule has 2 heteroatoms. The van der Waals surface area contributed by atoms with Gasteiger partial charge in [0.15, 0.2) is 0 Å². The van der Waals surface area contributed by atoms with Crippen LogP contribution in [0.4, 0.5) is 0 Å². The van der Waals surface area contributed by atoms with E-state index in [1.54, 1.807) is 12.5 Å². The Bertz CT molecular complexity index is 348. The van der Waals surface area contributed by atoms with Gasteiger partial charge < -0.3 is 4.42 Å². The maximum absolute atomic E-state index is 5.53. The van der Waals surface area contributed by atoms with Crippen molar-refractivity contribution in [1.29, 1.82) is 0 Å². The van der Waals surface area contributed by atoms with Gasteiger partial charge in [0.1, 0.15) is 6.26 Å². The van der Waals surface area contributed by atoms with E-state index >= 15 is 0 Å². The van der Waals surface area contributed by atoms with Crippen LogP contribution in [0.5, 0.6) is 0 Å². The van der Waals surface area contributed by atoms with Crippen molar-refractivity contribution in [3.63, 3.8) is 0 Å². The zero-order chi connectivity index (χ0) is 8.39. The lowest BCUT2D eigenvalue weighted by Gasteiger charge is -1.94. The molecule has 2 aromatic rings. The molecule has 0 atom stereocenters. The molecule has 1 aromatic heterocycles. The SMILES string of the molecule is [CH]c1ccc(-c2ncco2)cc1. The predicted molar refractivity (Wildman–Crippen MR) is 45.3 cm³/mol. The monoisotopic (exact) mass is 157 g/mol. The van der Waals surface area contributed by atoms with E-state index < -0.39 is 0 Å². The molecule has 2 rings (SSSR count). The molecule has 1 aromatic carbocycles. The van der Waals surface area contributed by atoms with E-state index in [4.69, 9.17) is 11.3 Å². The summed E-state index contributed by atoms with van der Waals surface area (Å²) >= 11 is 0. The maximum Gasteiger partial charge on any atom is 0.225 e. The molecule has 0 spiro atoms. The first-order valence-corrected chi connectivity index (χ1v) is 3.62. The molecule has 0 aliphatic carbocycles. The van der Waals surface area contributed by atoms with Crippen molar-refractivity contribution in [2.75, 3.05) is 0 Å². The summed E-state index contributed by atoms with van der Waals surface area (Å²) in [5.74, 6) is 0.620. The van der Waals surface area contributed by atoms with Gasteiger partial charge in [0.25, 0.3) is 0 Å². The number of benzene rings is 1. The van der Waals surface area contributed by atoms with Crippen LogP contribution in [-0.4, -0.2) is 4.98 Å². The van der Waals surface area contributed by atoms with E-state index in [0.29, 0.717) is 5.89 Å². The zero-order valence-corrected chi connectivity index (χ0v) is 6.40. The molecular weight excluding hydrogens is 150 g/mol. The fraction of sp³-hybridized carbons (Fsp3) is 0. The summed E-state index contributed by atoms with van der Waals surface area (Å²) < 4.78 is 5.11. The van der Waals surface area contributed by atoms with Crippen molar-refractivity contribution < 1.29 is 4.42 Å². The summed E-state index contributed by atoms with van der Waals surface area (Å²) in [7, 11) is 0. The second kappa shape index (κ2) is 2.81. The summed E-state index contributed by atoms with van der Waals surface area (Å²) in [5, 5.41) is 0. The molecule has 2 nitrogen and oxygen atoms in total. The second-order valence-corrected chi connectivity index (χ2v) is 2.46. The molecule has 0 N–H and O–H groups in total. The molecule has 0 saturated carbocycles. The fourth-order valence-electron chi connectivity index (χ4n) is 0.992. The Hall–Kier alpha value is -1.57. The van der Waals surface area contributed by atoms with E-state index in [9.17, 15) is 0 Å². The molecule has 0 bridgehead atoms. The van der Waals surface area contributed by atoms with E-state index in [0.717, 1.165) is 11.1 Å². The smallest absolute Gasteiger partial charge is 0.225 e. The molecule has 12 heavy (non-hydrogen) atoms. The molecular formula is C10H7NO. The number of hydrogen-bond acceptors (Lipinski definition) is 2. The maximum atomic E-state index is 5.53. The van der Waals surface area contributed by atoms with Gasteiger partial charge in [-0.1, -0.05) is 12.1 Å². The standard InChI is InChI=1S/C10H7NO/c1-8-2-4-9(5-3-8)10-11-6-7-12-10/h1-7H. The minimum atomic E-state index is 0.620. The van der Waals surface area contributed by atoms with Gasteiger partial charge in [0.05, 0.1) is 6.20 Å². The van der Waals surface area contributed by atoms with Crippen molar-refractivity contribution in [2.24, 2.45) is 0 Å². The van der Waals surface area contributed by atoms with Crippen LogP contribution in [0.25, 0.3) is 11.5 Å². The Balaban J connectivity index is 2.43. The van der Waals surface area contributed by atoms with Gasteiger partial charge in [-0.25, -0.2) is 4.98 Å². The minimum absolute atomic E-state index is 0.620. The molecule has 0 aliphatic rings. The highest BCUT2D eigenvalue weighted by Crippen LogP contribution is 2.16. The Labute approximate surface area is 70.9 Å². The summed E-state index contributed by atoms with van der Waals surface area (Å²) in [5.41, 5.74) is 1.68. The van der Waals surface area contributed by atoms with Crippen LogP contribution in [0.3, 0.4) is 0 Å². The quantitative estimate of drug-likeness (QED) is 0.635. The van der Waals surface area contributed by atoms with E-state index in [2.05, 4.69) is 4.98 Å². The highest BCUT2D eigenvalue weighted by atomic mass is 16.3. The Morgan fingerprint density at radius 1 is 1.17 bits per heavy atom. The first kappa shape index (κ1) is 7.10. The van der Waals surface area contributed by atoms with Crippen LogP contribution in [0.15, 0.2) is 41.1 Å². The number of rotatable bonds is 1. The van der Waals surface area contributed by atoms with Crippen molar-refractivity contribution in [3.05, 3.63) is 49.2 Å². The lowest BCUT2D eigenvalue weighted by molar-refractivity contribution is 0.574. The molecule has 2 radical (unpaired) electrons. The summed E-state index contributed by atoms with van der Waals surface area (Å²) in [4.78, 5) is 4.01. The molecule has 1 heterocycles. The van der Waals surface area contributed by atoms with Gasteiger partial charge >= 0.3 is 0 Å². The summed E-state index contributed by atoms with van der Waals surface area (Å²) in [6.45, 7) is 5.53. The van der Waals surface area contributed by atoms with Crippen LogP contribution in [0.2, 0.25) is 0 Å². The van der Waals surface area contributed by atoms with E-state index in [1.807, 2.05) is 24.3 Å². The number of aromatic nitrogens is 1. The molecule has 58 valence electrons. The van der Waals surface area contributed by atoms with Gasteiger partial charge in [-0.3, -0.25) is 0 Å². The average molecular weight is 157 g/mol. The number of nitrogens with zero attached hydrogens (tertiary/aromatic N) is 1. The van der Waals surface area contributed by atoms with Gasteiger partial charge in [-0.05, 0) is 24.6 Å². The third kappa shape index (κ3) is 1.23. The fourth-order valence-corrected chi connectivity index (χ4v) is 0.992. The minimum Gasteiger partial charge on any atom is -0.445 e. The Kier molecular flexibility index (Phi) is 1.67. The van der Waals surface area contributed by atoms with Crippen LogP contribution in [0.1, 0.15) is 5.56 Å². The van der Waals surface area contributed by atoms with E-state index in [-0.39, 0.29) is 0 Å². The lowest BCUT2D eigenvalue weighted by atomic mass is 10.1. The molecule has 0 fully saturated rings. The van der Waals surface area contributed by atoms with Crippen LogP contribution >= 0.6 is 0 Å². The third-order valence-electron chi connectivity index (χ3n) is 1.59. The van der Waals surface area contributed by atoms with Gasteiger partial charge in [-0.15, -0.1) is 0 Å². The third-order valence-corrected chi connectivity index (χ3v) is 1.59. The first-order valence-electron chi connectivity index (χ1n) is 3.62. The topological polar surface area (TPSA) is 26.0 Å². The number of hydrogen-bond donors (Lipinski definition) is 0.